The van der Waals surface area contributed by atoms with Gasteiger partial charge >= 0.3 is 5.97 Å². The van der Waals surface area contributed by atoms with Gasteiger partial charge in [0.05, 0.1) is 12.5 Å². The Hall–Kier alpha value is -3.02. The molecule has 3 aromatic rings. The highest BCUT2D eigenvalue weighted by atomic mass is 16.6. The normalized spacial score (nSPS) is 12.3. The van der Waals surface area contributed by atoms with E-state index in [9.17, 15) is 14.7 Å². The summed E-state index contributed by atoms with van der Waals surface area (Å²) < 4.78 is 15.8. The van der Waals surface area contributed by atoms with Gasteiger partial charge in [0.15, 0.2) is 6.10 Å². The molecule has 0 spiro atoms. The Morgan fingerprint density at radius 1 is 1.29 bits per heavy atom. The summed E-state index contributed by atoms with van der Waals surface area (Å²) in [4.78, 5) is 24.1. The lowest BCUT2D eigenvalue weighted by atomic mass is 10.1. The molecule has 1 N–H and O–H groups in total. The molecular formula is C18H16O6. The van der Waals surface area contributed by atoms with Crippen LogP contribution in [0.15, 0.2) is 39.5 Å². The lowest BCUT2D eigenvalue weighted by molar-refractivity contribution is -0.147. The second-order valence-corrected chi connectivity index (χ2v) is 5.48. The molecule has 124 valence electrons. The Morgan fingerprint density at radius 3 is 2.75 bits per heavy atom. The average molecular weight is 328 g/mol. The fraction of sp³-hybridized carbons (Fsp3) is 0.222. The Balaban J connectivity index is 2.21. The van der Waals surface area contributed by atoms with Crippen molar-refractivity contribution >= 4 is 27.9 Å². The molecule has 0 aliphatic rings. The quantitative estimate of drug-likeness (QED) is 0.588. The molecule has 0 aliphatic carbocycles. The van der Waals surface area contributed by atoms with Gasteiger partial charge in [-0.05, 0) is 25.5 Å². The molecular weight excluding hydrogens is 312 g/mol. The van der Waals surface area contributed by atoms with Crippen LogP contribution in [0.3, 0.4) is 0 Å². The monoisotopic (exact) mass is 328 g/mol. The standard InChI is InChI=1S/C18H16O6/c1-9-5-4-6-12-16(20)15-13(19)7-11(8-14(15)24-17(9)12)23-10(2)18(21)22-3/h4-8,10,19H,1-3H3. The molecule has 1 atom stereocenters. The number of hydrogen-bond donors (Lipinski definition) is 1. The van der Waals surface area contributed by atoms with Crippen molar-refractivity contribution in [3.05, 3.63) is 46.1 Å². The Labute approximate surface area is 137 Å². The van der Waals surface area contributed by atoms with Gasteiger partial charge in [-0.15, -0.1) is 0 Å². The van der Waals surface area contributed by atoms with E-state index in [0.29, 0.717) is 11.0 Å². The lowest BCUT2D eigenvalue weighted by Gasteiger charge is -2.13. The number of rotatable bonds is 3. The Kier molecular flexibility index (Phi) is 3.89. The summed E-state index contributed by atoms with van der Waals surface area (Å²) in [6.07, 6.45) is -0.860. The van der Waals surface area contributed by atoms with Gasteiger partial charge in [0, 0.05) is 12.1 Å². The first-order valence-electron chi connectivity index (χ1n) is 7.36. The molecule has 3 rings (SSSR count). The third-order valence-corrected chi connectivity index (χ3v) is 3.80. The number of aryl methyl sites for hydroxylation is 1. The molecule has 1 unspecified atom stereocenters. The molecule has 1 aromatic heterocycles. The van der Waals surface area contributed by atoms with Crippen LogP contribution in [-0.4, -0.2) is 24.3 Å². The minimum atomic E-state index is -0.860. The summed E-state index contributed by atoms with van der Waals surface area (Å²) in [5, 5.41) is 10.7. The predicted octanol–water partition coefficient (Wildman–Crippen LogP) is 2.90. The van der Waals surface area contributed by atoms with Crippen LogP contribution in [0.2, 0.25) is 0 Å². The molecule has 24 heavy (non-hydrogen) atoms. The number of benzene rings is 2. The summed E-state index contributed by atoms with van der Waals surface area (Å²) in [5.74, 6) is -0.615. The number of phenolic OH excluding ortho intramolecular Hbond substituents is 1. The van der Waals surface area contributed by atoms with E-state index in [0.717, 1.165) is 5.56 Å². The number of esters is 1. The van der Waals surface area contributed by atoms with Crippen molar-refractivity contribution in [3.63, 3.8) is 0 Å². The van der Waals surface area contributed by atoms with Crippen molar-refractivity contribution < 1.29 is 23.8 Å². The smallest absolute Gasteiger partial charge is 0.346 e. The first-order chi connectivity index (χ1) is 11.4. The molecule has 0 amide bonds. The second-order valence-electron chi connectivity index (χ2n) is 5.48. The number of phenols is 1. The highest BCUT2D eigenvalue weighted by Crippen LogP contribution is 2.31. The fourth-order valence-electron chi connectivity index (χ4n) is 2.58. The van der Waals surface area contributed by atoms with Crippen molar-refractivity contribution in [1.29, 1.82) is 0 Å². The Morgan fingerprint density at radius 2 is 2.04 bits per heavy atom. The van der Waals surface area contributed by atoms with Crippen LogP contribution in [0.5, 0.6) is 11.5 Å². The molecule has 2 aromatic carbocycles. The van der Waals surface area contributed by atoms with Crippen molar-refractivity contribution in [2.45, 2.75) is 20.0 Å². The van der Waals surface area contributed by atoms with Gasteiger partial charge < -0.3 is 19.0 Å². The summed E-state index contributed by atoms with van der Waals surface area (Å²) in [6, 6.07) is 7.99. The summed E-state index contributed by atoms with van der Waals surface area (Å²) in [5.41, 5.74) is 1.13. The van der Waals surface area contributed by atoms with Gasteiger partial charge in [0.2, 0.25) is 5.43 Å². The van der Waals surface area contributed by atoms with E-state index in [-0.39, 0.29) is 27.9 Å². The molecule has 0 aliphatic heterocycles. The highest BCUT2D eigenvalue weighted by molar-refractivity contribution is 5.94. The van der Waals surface area contributed by atoms with Crippen molar-refractivity contribution in [2.75, 3.05) is 7.11 Å². The molecule has 0 saturated carbocycles. The minimum absolute atomic E-state index is 0.0752. The minimum Gasteiger partial charge on any atom is -0.507 e. The van der Waals surface area contributed by atoms with E-state index in [2.05, 4.69) is 4.74 Å². The first-order valence-corrected chi connectivity index (χ1v) is 7.36. The van der Waals surface area contributed by atoms with Gasteiger partial charge in [0.25, 0.3) is 0 Å². The van der Waals surface area contributed by atoms with E-state index >= 15 is 0 Å². The molecule has 0 bridgehead atoms. The first kappa shape index (κ1) is 15.9. The molecule has 0 radical (unpaired) electrons. The number of para-hydroxylation sites is 1. The predicted molar refractivity (Wildman–Crippen MR) is 88.5 cm³/mol. The molecule has 6 heteroatoms. The average Bonchev–Trinajstić information content (AvgIpc) is 2.54. The van der Waals surface area contributed by atoms with E-state index in [1.165, 1.54) is 26.2 Å². The number of carbonyl (C=O) groups is 1. The van der Waals surface area contributed by atoms with Gasteiger partial charge in [-0.3, -0.25) is 4.79 Å². The molecule has 1 heterocycles. The van der Waals surface area contributed by atoms with Gasteiger partial charge in [-0.25, -0.2) is 4.79 Å². The van der Waals surface area contributed by atoms with E-state index < -0.39 is 12.1 Å². The Bertz CT molecular complexity index is 1000. The number of aromatic hydroxyl groups is 1. The van der Waals surface area contributed by atoms with E-state index in [4.69, 9.17) is 9.15 Å². The zero-order valence-corrected chi connectivity index (χ0v) is 13.5. The molecule has 0 fully saturated rings. The third kappa shape index (κ3) is 2.56. The fourth-order valence-corrected chi connectivity index (χ4v) is 2.58. The molecule has 0 saturated heterocycles. The van der Waals surface area contributed by atoms with Gasteiger partial charge in [-0.2, -0.15) is 0 Å². The van der Waals surface area contributed by atoms with Gasteiger partial charge in [-0.1, -0.05) is 12.1 Å². The van der Waals surface area contributed by atoms with E-state index in [1.54, 1.807) is 12.1 Å². The topological polar surface area (TPSA) is 86.0 Å². The SMILES string of the molecule is COC(=O)C(C)Oc1cc(O)c2c(=O)c3cccc(C)c3oc2c1. The zero-order chi connectivity index (χ0) is 17.4. The maximum atomic E-state index is 12.6. The van der Waals surface area contributed by atoms with Crippen LogP contribution in [0.1, 0.15) is 12.5 Å². The summed E-state index contributed by atoms with van der Waals surface area (Å²) in [6.45, 7) is 3.35. The van der Waals surface area contributed by atoms with Crippen LogP contribution in [0.25, 0.3) is 21.9 Å². The highest BCUT2D eigenvalue weighted by Gasteiger charge is 2.18. The maximum Gasteiger partial charge on any atom is 0.346 e. The van der Waals surface area contributed by atoms with Crippen LogP contribution in [0.4, 0.5) is 0 Å². The van der Waals surface area contributed by atoms with Crippen LogP contribution < -0.4 is 10.2 Å². The number of carbonyl (C=O) groups excluding carboxylic acids is 1. The number of methoxy groups -OCH3 is 1. The van der Waals surface area contributed by atoms with E-state index in [1.807, 2.05) is 13.0 Å². The lowest BCUT2D eigenvalue weighted by Crippen LogP contribution is -2.24. The maximum absolute atomic E-state index is 12.6. The van der Waals surface area contributed by atoms with Crippen LogP contribution in [0, 0.1) is 6.92 Å². The summed E-state index contributed by atoms with van der Waals surface area (Å²) in [7, 11) is 1.26. The molecule has 6 nitrogen and oxygen atoms in total. The second kappa shape index (κ2) is 5.88. The number of fused-ring (bicyclic) bond motifs is 2. The third-order valence-electron chi connectivity index (χ3n) is 3.80. The number of ether oxygens (including phenoxy) is 2. The van der Waals surface area contributed by atoms with Crippen LogP contribution in [-0.2, 0) is 9.53 Å². The van der Waals surface area contributed by atoms with Crippen LogP contribution >= 0.6 is 0 Å². The van der Waals surface area contributed by atoms with Gasteiger partial charge in [0.1, 0.15) is 28.1 Å². The summed E-state index contributed by atoms with van der Waals surface area (Å²) >= 11 is 0. The van der Waals surface area contributed by atoms with Crippen molar-refractivity contribution in [3.8, 4) is 11.5 Å². The largest absolute Gasteiger partial charge is 0.507 e. The van der Waals surface area contributed by atoms with Crippen molar-refractivity contribution in [2.24, 2.45) is 0 Å². The van der Waals surface area contributed by atoms with Crippen molar-refractivity contribution in [1.82, 2.24) is 0 Å². The zero-order valence-electron chi connectivity index (χ0n) is 13.5. The number of hydrogen-bond acceptors (Lipinski definition) is 6.